The van der Waals surface area contributed by atoms with E-state index in [1.165, 1.54) is 19.3 Å². The van der Waals surface area contributed by atoms with Crippen molar-refractivity contribution in [3.05, 3.63) is 46.6 Å². The number of carbonyl (C=O) groups is 1. The zero-order chi connectivity index (χ0) is 20.3. The first-order valence-electron chi connectivity index (χ1n) is 11.6. The molecule has 158 valence electrons. The average molecular weight is 407 g/mol. The van der Waals surface area contributed by atoms with Gasteiger partial charge in [-0.25, -0.2) is 14.0 Å². The third kappa shape index (κ3) is 3.03. The topological polar surface area (TPSA) is 68.9 Å². The molecule has 7 rings (SSSR count). The number of carbonyl (C=O) groups excluding carboxylic acids is 1. The van der Waals surface area contributed by atoms with Gasteiger partial charge in [-0.15, -0.1) is 0 Å². The molecular formula is C24H30N4O2. The predicted molar refractivity (Wildman–Crippen MR) is 113 cm³/mol. The summed E-state index contributed by atoms with van der Waals surface area (Å²) in [5.41, 5.74) is 0.628. The second kappa shape index (κ2) is 6.82. The highest BCUT2D eigenvalue weighted by Gasteiger charge is 2.54. The second-order valence-corrected chi connectivity index (χ2v) is 10.3. The number of para-hydroxylation sites is 1. The van der Waals surface area contributed by atoms with Gasteiger partial charge in [0.2, 0.25) is 5.91 Å². The molecule has 0 unspecified atom stereocenters. The van der Waals surface area contributed by atoms with Gasteiger partial charge in [-0.3, -0.25) is 4.79 Å². The Kier molecular flexibility index (Phi) is 4.19. The summed E-state index contributed by atoms with van der Waals surface area (Å²) in [7, 11) is 0. The van der Waals surface area contributed by atoms with Gasteiger partial charge in [0.25, 0.3) is 0 Å². The van der Waals surface area contributed by atoms with Gasteiger partial charge in [0, 0.05) is 17.9 Å². The van der Waals surface area contributed by atoms with E-state index in [0.29, 0.717) is 19.0 Å². The smallest absolute Gasteiger partial charge is 0.350 e. The minimum Gasteiger partial charge on any atom is -0.354 e. The molecule has 2 aromatic rings. The Balaban J connectivity index is 1.17. The number of rotatable bonds is 6. The second-order valence-electron chi connectivity index (χ2n) is 10.3. The lowest BCUT2D eigenvalue weighted by molar-refractivity contribution is -0.146. The van der Waals surface area contributed by atoms with Crippen molar-refractivity contribution < 1.29 is 4.79 Å². The van der Waals surface area contributed by atoms with Crippen LogP contribution in [0.15, 0.2) is 35.1 Å². The van der Waals surface area contributed by atoms with Gasteiger partial charge in [-0.2, -0.15) is 5.10 Å². The summed E-state index contributed by atoms with van der Waals surface area (Å²) < 4.78 is 3.29. The van der Waals surface area contributed by atoms with Gasteiger partial charge >= 0.3 is 5.69 Å². The maximum Gasteiger partial charge on any atom is 0.350 e. The third-order valence-electron chi connectivity index (χ3n) is 7.95. The fourth-order valence-corrected chi connectivity index (χ4v) is 6.85. The van der Waals surface area contributed by atoms with Gasteiger partial charge in [0.05, 0.1) is 12.2 Å². The quantitative estimate of drug-likeness (QED) is 0.801. The molecule has 1 heterocycles. The molecular weight excluding hydrogens is 376 g/mol. The average Bonchev–Trinajstić information content (AvgIpc) is 3.52. The Hall–Kier alpha value is -2.37. The molecule has 30 heavy (non-hydrogen) atoms. The van der Waals surface area contributed by atoms with Crippen LogP contribution in [-0.2, 0) is 11.3 Å². The lowest BCUT2D eigenvalue weighted by Gasteiger charge is -2.55. The van der Waals surface area contributed by atoms with E-state index in [1.807, 2.05) is 30.3 Å². The normalized spacial score (nSPS) is 31.8. The Morgan fingerprint density at radius 3 is 2.27 bits per heavy atom. The molecule has 5 saturated carbocycles. The van der Waals surface area contributed by atoms with Crippen LogP contribution in [0, 0.1) is 23.2 Å². The van der Waals surface area contributed by atoms with E-state index in [-0.39, 0.29) is 17.0 Å². The molecule has 0 radical (unpaired) electrons. The summed E-state index contributed by atoms with van der Waals surface area (Å²) in [6, 6.07) is 9.75. The van der Waals surface area contributed by atoms with Crippen LogP contribution in [0.3, 0.4) is 0 Å². The highest BCUT2D eigenvalue weighted by Crippen LogP contribution is 2.60. The highest BCUT2D eigenvalue weighted by atomic mass is 16.2. The van der Waals surface area contributed by atoms with E-state index < -0.39 is 0 Å². The number of amides is 1. The van der Waals surface area contributed by atoms with E-state index >= 15 is 0 Å². The van der Waals surface area contributed by atoms with Crippen molar-refractivity contribution in [1.82, 2.24) is 19.7 Å². The minimum absolute atomic E-state index is 0.104. The van der Waals surface area contributed by atoms with E-state index in [0.717, 1.165) is 61.4 Å². The van der Waals surface area contributed by atoms with Crippen molar-refractivity contribution in [2.24, 2.45) is 23.2 Å². The molecule has 1 N–H and O–H groups in total. The van der Waals surface area contributed by atoms with Crippen LogP contribution in [0.1, 0.15) is 63.1 Å². The van der Waals surface area contributed by atoms with Crippen LogP contribution >= 0.6 is 0 Å². The van der Waals surface area contributed by atoms with Crippen LogP contribution in [-0.4, -0.2) is 26.8 Å². The summed E-state index contributed by atoms with van der Waals surface area (Å²) in [5.74, 6) is 3.73. The fourth-order valence-electron chi connectivity index (χ4n) is 6.85. The van der Waals surface area contributed by atoms with Crippen molar-refractivity contribution in [2.75, 3.05) is 6.54 Å². The molecule has 1 amide bonds. The molecule has 5 aliphatic rings. The lowest BCUT2D eigenvalue weighted by atomic mass is 9.49. The minimum atomic E-state index is -0.137. The van der Waals surface area contributed by atoms with E-state index in [1.54, 1.807) is 9.25 Å². The maximum absolute atomic E-state index is 13.2. The van der Waals surface area contributed by atoms with Crippen molar-refractivity contribution >= 4 is 5.91 Å². The summed E-state index contributed by atoms with van der Waals surface area (Å²) in [6.45, 7) is 0.896. The summed E-state index contributed by atoms with van der Waals surface area (Å²) in [4.78, 5) is 26.2. The van der Waals surface area contributed by atoms with Gasteiger partial charge in [-0.1, -0.05) is 18.2 Å². The molecule has 4 bridgehead atoms. The number of aromatic nitrogens is 3. The SMILES string of the molecule is O=C(NCCn1nc(C2CC2)n(-c2ccccc2)c1=O)C12CC3CC(CC(C3)C1)C2. The van der Waals surface area contributed by atoms with Crippen molar-refractivity contribution in [3.63, 3.8) is 0 Å². The van der Waals surface area contributed by atoms with Gasteiger partial charge in [-0.05, 0) is 81.3 Å². The standard InChI is InChI=1S/C24H30N4O2/c29-22(24-13-16-10-17(14-24)12-18(11-16)15-24)25-8-9-27-23(30)28(20-4-2-1-3-5-20)21(26-27)19-6-7-19/h1-5,16-19H,6-15H2,(H,25,29). The fraction of sp³-hybridized carbons (Fsp3) is 0.625. The van der Waals surface area contributed by atoms with Crippen molar-refractivity contribution in [1.29, 1.82) is 0 Å². The molecule has 5 fully saturated rings. The summed E-state index contributed by atoms with van der Waals surface area (Å²) in [6.07, 6.45) is 9.39. The maximum atomic E-state index is 13.2. The molecule has 5 aliphatic carbocycles. The number of hydrogen-bond acceptors (Lipinski definition) is 3. The molecule has 0 spiro atoms. The summed E-state index contributed by atoms with van der Waals surface area (Å²) in [5, 5.41) is 7.83. The number of nitrogens with zero attached hydrogens (tertiary/aromatic N) is 3. The molecule has 0 saturated heterocycles. The Morgan fingerprint density at radius 1 is 1.03 bits per heavy atom. The van der Waals surface area contributed by atoms with Crippen molar-refractivity contribution in [3.8, 4) is 5.69 Å². The molecule has 0 atom stereocenters. The molecule has 1 aromatic heterocycles. The van der Waals surface area contributed by atoms with E-state index in [9.17, 15) is 9.59 Å². The third-order valence-corrected chi connectivity index (χ3v) is 7.95. The first-order chi connectivity index (χ1) is 14.6. The van der Waals surface area contributed by atoms with Gasteiger partial charge in [0.15, 0.2) is 0 Å². The first-order valence-corrected chi connectivity index (χ1v) is 11.6. The van der Waals surface area contributed by atoms with Gasteiger partial charge in [0.1, 0.15) is 5.82 Å². The van der Waals surface area contributed by atoms with Crippen LogP contribution in [0.5, 0.6) is 0 Å². The Labute approximate surface area is 176 Å². The number of hydrogen-bond donors (Lipinski definition) is 1. The van der Waals surface area contributed by atoms with E-state index in [2.05, 4.69) is 10.4 Å². The van der Waals surface area contributed by atoms with Crippen LogP contribution in [0.4, 0.5) is 0 Å². The zero-order valence-corrected chi connectivity index (χ0v) is 17.4. The largest absolute Gasteiger partial charge is 0.354 e. The van der Waals surface area contributed by atoms with Crippen LogP contribution in [0.25, 0.3) is 5.69 Å². The van der Waals surface area contributed by atoms with Gasteiger partial charge < -0.3 is 5.32 Å². The molecule has 1 aromatic carbocycles. The Bertz CT molecular complexity index is 982. The summed E-state index contributed by atoms with van der Waals surface area (Å²) >= 11 is 0. The first kappa shape index (κ1) is 18.4. The Morgan fingerprint density at radius 2 is 1.67 bits per heavy atom. The molecule has 6 nitrogen and oxygen atoms in total. The van der Waals surface area contributed by atoms with Crippen LogP contribution < -0.4 is 11.0 Å². The lowest BCUT2D eigenvalue weighted by Crippen LogP contribution is -2.54. The predicted octanol–water partition coefficient (Wildman–Crippen LogP) is 3.24. The number of nitrogens with one attached hydrogen (secondary N) is 1. The monoisotopic (exact) mass is 406 g/mol. The molecule has 6 heteroatoms. The molecule has 0 aliphatic heterocycles. The van der Waals surface area contributed by atoms with Crippen molar-refractivity contribution in [2.45, 2.75) is 63.8 Å². The van der Waals surface area contributed by atoms with E-state index in [4.69, 9.17) is 0 Å². The van der Waals surface area contributed by atoms with Crippen LogP contribution in [0.2, 0.25) is 0 Å². The zero-order valence-electron chi connectivity index (χ0n) is 17.4. The number of benzene rings is 1. The highest BCUT2D eigenvalue weighted by molar-refractivity contribution is 5.83.